The summed E-state index contributed by atoms with van der Waals surface area (Å²) in [6.07, 6.45) is 5.75. The average molecular weight is 421 g/mol. The highest BCUT2D eigenvalue weighted by molar-refractivity contribution is 5.92. The molecule has 3 heterocycles. The van der Waals surface area contributed by atoms with E-state index >= 15 is 0 Å². The Hall–Kier alpha value is -3.35. The van der Waals surface area contributed by atoms with E-state index in [-0.39, 0.29) is 17.9 Å². The van der Waals surface area contributed by atoms with Crippen LogP contribution in [0.25, 0.3) is 0 Å². The summed E-state index contributed by atoms with van der Waals surface area (Å²) in [5, 5.41) is 4.29. The summed E-state index contributed by atoms with van der Waals surface area (Å²) in [5.74, 6) is 0.525. The highest BCUT2D eigenvalue weighted by atomic mass is 16.3. The number of furan rings is 1. The van der Waals surface area contributed by atoms with E-state index in [2.05, 4.69) is 17.2 Å². The van der Waals surface area contributed by atoms with Gasteiger partial charge in [-0.3, -0.25) is 14.3 Å². The van der Waals surface area contributed by atoms with Crippen LogP contribution >= 0.6 is 0 Å². The largest absolute Gasteiger partial charge is 0.459 e. The molecule has 31 heavy (non-hydrogen) atoms. The second-order valence-corrected chi connectivity index (χ2v) is 8.15. The predicted octanol–water partition coefficient (Wildman–Crippen LogP) is 3.25. The van der Waals surface area contributed by atoms with Crippen molar-refractivity contribution in [1.82, 2.24) is 19.6 Å². The number of hydrogen-bond donors (Lipinski definition) is 0. The molecule has 1 fully saturated rings. The molecule has 1 unspecified atom stereocenters. The van der Waals surface area contributed by atoms with Crippen molar-refractivity contribution in [1.29, 1.82) is 0 Å². The van der Waals surface area contributed by atoms with E-state index in [1.807, 2.05) is 42.1 Å². The van der Waals surface area contributed by atoms with Crippen LogP contribution in [0.15, 0.2) is 65.4 Å². The predicted molar refractivity (Wildman–Crippen MR) is 117 cm³/mol. The molecule has 0 bridgehead atoms. The van der Waals surface area contributed by atoms with Crippen molar-refractivity contribution in [2.75, 3.05) is 20.1 Å². The highest BCUT2D eigenvalue weighted by Gasteiger charge is 2.34. The molecular weight excluding hydrogens is 392 g/mol. The van der Waals surface area contributed by atoms with Crippen molar-refractivity contribution in [2.45, 2.75) is 25.3 Å². The standard InChI is InChI=1S/C24H28N4O3/c1-26-13-12-20(25-26)23(29)27(2)21(17-18-7-4-3-5-8-18)19-10-14-28(15-11-19)24(30)22-9-6-16-31-22/h3-9,12-13,16,19,21H,10-11,14-15,17H2,1-2H3. The molecule has 7 heteroatoms. The Morgan fingerprint density at radius 3 is 2.48 bits per heavy atom. The van der Waals surface area contributed by atoms with Gasteiger partial charge in [0.25, 0.3) is 11.8 Å². The molecule has 2 aromatic heterocycles. The maximum atomic E-state index is 13.1. The number of piperidine rings is 1. The summed E-state index contributed by atoms with van der Waals surface area (Å²) in [7, 11) is 3.68. The maximum absolute atomic E-state index is 13.1. The van der Waals surface area contributed by atoms with Crippen LogP contribution in [0.4, 0.5) is 0 Å². The number of aromatic nitrogens is 2. The lowest BCUT2D eigenvalue weighted by Gasteiger charge is -2.39. The maximum Gasteiger partial charge on any atom is 0.289 e. The number of rotatable bonds is 6. The molecule has 4 rings (SSSR count). The van der Waals surface area contributed by atoms with Crippen molar-refractivity contribution >= 4 is 11.8 Å². The zero-order chi connectivity index (χ0) is 21.8. The fourth-order valence-corrected chi connectivity index (χ4v) is 4.38. The van der Waals surface area contributed by atoms with Crippen molar-refractivity contribution < 1.29 is 14.0 Å². The molecule has 1 aromatic carbocycles. The Labute approximate surface area is 182 Å². The number of carbonyl (C=O) groups excluding carboxylic acids is 2. The van der Waals surface area contributed by atoms with Gasteiger partial charge in [-0.15, -0.1) is 0 Å². The molecule has 2 amide bonds. The van der Waals surface area contributed by atoms with Gasteiger partial charge < -0.3 is 14.2 Å². The lowest BCUT2D eigenvalue weighted by molar-refractivity contribution is 0.0504. The minimum atomic E-state index is -0.0735. The van der Waals surface area contributed by atoms with Gasteiger partial charge >= 0.3 is 0 Å². The van der Waals surface area contributed by atoms with Crippen molar-refractivity contribution in [3.05, 3.63) is 78.0 Å². The minimum absolute atomic E-state index is 0.0257. The number of benzene rings is 1. The fraction of sp³-hybridized carbons (Fsp3) is 0.375. The van der Waals surface area contributed by atoms with Crippen LogP contribution in [0, 0.1) is 5.92 Å². The van der Waals surface area contributed by atoms with E-state index in [1.165, 1.54) is 11.8 Å². The summed E-state index contributed by atoms with van der Waals surface area (Å²) in [6, 6.07) is 15.5. The summed E-state index contributed by atoms with van der Waals surface area (Å²) >= 11 is 0. The lowest BCUT2D eigenvalue weighted by atomic mass is 9.84. The zero-order valence-electron chi connectivity index (χ0n) is 18.0. The topological polar surface area (TPSA) is 71.6 Å². The van der Waals surface area contributed by atoms with Gasteiger partial charge in [0.05, 0.1) is 6.26 Å². The molecule has 0 radical (unpaired) electrons. The van der Waals surface area contributed by atoms with Gasteiger partial charge in [0, 0.05) is 39.4 Å². The lowest BCUT2D eigenvalue weighted by Crippen LogP contribution is -2.48. The number of hydrogen-bond acceptors (Lipinski definition) is 4. The molecule has 1 saturated heterocycles. The summed E-state index contributed by atoms with van der Waals surface area (Å²) in [4.78, 5) is 29.4. The second-order valence-electron chi connectivity index (χ2n) is 8.15. The molecule has 3 aromatic rings. The third-order valence-corrected chi connectivity index (χ3v) is 6.14. The Morgan fingerprint density at radius 2 is 1.87 bits per heavy atom. The van der Waals surface area contributed by atoms with Gasteiger partial charge in [-0.2, -0.15) is 5.10 Å². The third-order valence-electron chi connectivity index (χ3n) is 6.14. The van der Waals surface area contributed by atoms with E-state index in [0.29, 0.717) is 30.5 Å². The second kappa shape index (κ2) is 9.20. The number of nitrogens with zero attached hydrogens (tertiary/aromatic N) is 4. The number of aryl methyl sites for hydroxylation is 1. The molecule has 0 spiro atoms. The van der Waals surface area contributed by atoms with Crippen LogP contribution < -0.4 is 0 Å². The van der Waals surface area contributed by atoms with E-state index in [1.54, 1.807) is 29.1 Å². The number of carbonyl (C=O) groups is 2. The van der Waals surface area contributed by atoms with E-state index in [4.69, 9.17) is 4.42 Å². The van der Waals surface area contributed by atoms with Crippen LogP contribution in [0.5, 0.6) is 0 Å². The molecule has 0 saturated carbocycles. The minimum Gasteiger partial charge on any atom is -0.459 e. The van der Waals surface area contributed by atoms with E-state index in [0.717, 1.165) is 19.3 Å². The van der Waals surface area contributed by atoms with Gasteiger partial charge in [-0.1, -0.05) is 30.3 Å². The molecule has 7 nitrogen and oxygen atoms in total. The Balaban J connectivity index is 1.49. The summed E-state index contributed by atoms with van der Waals surface area (Å²) < 4.78 is 6.91. The van der Waals surface area contributed by atoms with Gasteiger partial charge in [-0.05, 0) is 48.9 Å². The Kier molecular flexibility index (Phi) is 6.21. The highest BCUT2D eigenvalue weighted by Crippen LogP contribution is 2.28. The normalized spacial score (nSPS) is 15.6. The van der Waals surface area contributed by atoms with E-state index in [9.17, 15) is 9.59 Å². The van der Waals surface area contributed by atoms with Gasteiger partial charge in [0.15, 0.2) is 5.76 Å². The van der Waals surface area contributed by atoms with Gasteiger partial charge in [0.2, 0.25) is 0 Å². The third kappa shape index (κ3) is 4.71. The van der Waals surface area contributed by atoms with Crippen molar-refractivity contribution in [3.63, 3.8) is 0 Å². The van der Waals surface area contributed by atoms with Crippen molar-refractivity contribution in [3.8, 4) is 0 Å². The first-order valence-electron chi connectivity index (χ1n) is 10.7. The molecular formula is C24H28N4O3. The van der Waals surface area contributed by atoms with Crippen LogP contribution in [-0.4, -0.2) is 57.6 Å². The fourth-order valence-electron chi connectivity index (χ4n) is 4.38. The van der Waals surface area contributed by atoms with E-state index < -0.39 is 0 Å². The zero-order valence-corrected chi connectivity index (χ0v) is 18.0. The molecule has 1 aliphatic heterocycles. The van der Waals surface area contributed by atoms with Crippen LogP contribution in [-0.2, 0) is 13.5 Å². The quantitative estimate of drug-likeness (QED) is 0.614. The van der Waals surface area contributed by atoms with Crippen LogP contribution in [0.2, 0.25) is 0 Å². The van der Waals surface area contributed by atoms with Crippen LogP contribution in [0.1, 0.15) is 39.4 Å². The monoisotopic (exact) mass is 420 g/mol. The number of likely N-dealkylation sites (N-methyl/N-ethyl adjacent to an activating group) is 1. The number of likely N-dealkylation sites (tertiary alicyclic amines) is 1. The molecule has 0 N–H and O–H groups in total. The Morgan fingerprint density at radius 1 is 1.13 bits per heavy atom. The first-order chi connectivity index (χ1) is 15.0. The Bertz CT molecular complexity index is 1000. The molecule has 1 aliphatic rings. The smallest absolute Gasteiger partial charge is 0.289 e. The number of amides is 2. The first kappa shape index (κ1) is 20.9. The molecule has 1 atom stereocenters. The summed E-state index contributed by atoms with van der Waals surface area (Å²) in [5.41, 5.74) is 1.65. The average Bonchev–Trinajstić information content (AvgIpc) is 3.49. The first-order valence-corrected chi connectivity index (χ1v) is 10.7. The van der Waals surface area contributed by atoms with Gasteiger partial charge in [0.1, 0.15) is 5.69 Å². The van der Waals surface area contributed by atoms with Crippen molar-refractivity contribution in [2.24, 2.45) is 13.0 Å². The van der Waals surface area contributed by atoms with Crippen LogP contribution in [0.3, 0.4) is 0 Å². The molecule has 0 aliphatic carbocycles. The SMILES string of the molecule is CN(C(=O)c1ccn(C)n1)C(Cc1ccccc1)C1CCN(C(=O)c2ccco2)CC1. The van der Waals surface area contributed by atoms with Gasteiger partial charge in [-0.25, -0.2) is 0 Å². The molecule has 162 valence electrons. The summed E-state index contributed by atoms with van der Waals surface area (Å²) in [6.45, 7) is 1.31.